The predicted octanol–water partition coefficient (Wildman–Crippen LogP) is 4.39. The van der Waals surface area contributed by atoms with E-state index < -0.39 is 0 Å². The van der Waals surface area contributed by atoms with Crippen LogP contribution in [0.2, 0.25) is 0 Å². The fourth-order valence-electron chi connectivity index (χ4n) is 4.41. The number of thiazole rings is 1. The van der Waals surface area contributed by atoms with Crippen LogP contribution < -0.4 is 10.3 Å². The van der Waals surface area contributed by atoms with Gasteiger partial charge in [0, 0.05) is 26.2 Å². The van der Waals surface area contributed by atoms with Gasteiger partial charge in [-0.2, -0.15) is 0 Å². The van der Waals surface area contributed by atoms with Crippen LogP contribution in [-0.4, -0.2) is 55.2 Å². The number of para-hydroxylation sites is 1. The second kappa shape index (κ2) is 9.66. The van der Waals surface area contributed by atoms with Crippen LogP contribution in [0.4, 0.5) is 5.13 Å². The molecule has 1 fully saturated rings. The molecular weight excluding hydrogens is 450 g/mol. The predicted molar refractivity (Wildman–Crippen MR) is 135 cm³/mol. The third-order valence-electron chi connectivity index (χ3n) is 6.16. The number of rotatable bonds is 6. The summed E-state index contributed by atoms with van der Waals surface area (Å²) in [5.74, 6) is -0.380. The molecule has 7 nitrogen and oxygen atoms in total. The normalized spacial score (nSPS) is 14.6. The van der Waals surface area contributed by atoms with Gasteiger partial charge in [-0.05, 0) is 49.6 Å². The highest BCUT2D eigenvalue weighted by Crippen LogP contribution is 2.33. The lowest BCUT2D eigenvalue weighted by Crippen LogP contribution is -2.40. The summed E-state index contributed by atoms with van der Waals surface area (Å²) in [6, 6.07) is 11.1. The number of carbonyl (C=O) groups excluding carboxylic acids is 1. The Morgan fingerprint density at radius 1 is 1.18 bits per heavy atom. The summed E-state index contributed by atoms with van der Waals surface area (Å²) in [6.45, 7) is 8.65. The summed E-state index contributed by atoms with van der Waals surface area (Å²) in [6.07, 6.45) is 2.04. The molecule has 2 aromatic heterocycles. The molecule has 4 aromatic rings. The van der Waals surface area contributed by atoms with E-state index in [1.54, 1.807) is 29.2 Å². The number of carbonyl (C=O) groups is 1. The van der Waals surface area contributed by atoms with Crippen LogP contribution in [-0.2, 0) is 4.74 Å². The Kier molecular flexibility index (Phi) is 6.45. The molecule has 5 rings (SSSR count). The third kappa shape index (κ3) is 4.49. The van der Waals surface area contributed by atoms with Crippen LogP contribution in [0.1, 0.15) is 27.9 Å². The summed E-state index contributed by atoms with van der Waals surface area (Å²) in [5.41, 5.74) is 3.30. The number of hydrogen-bond donors (Lipinski definition) is 0. The van der Waals surface area contributed by atoms with Gasteiger partial charge in [0.05, 0.1) is 28.8 Å². The van der Waals surface area contributed by atoms with Gasteiger partial charge in [0.15, 0.2) is 5.13 Å². The van der Waals surface area contributed by atoms with Crippen molar-refractivity contribution in [3.05, 3.63) is 69.6 Å². The van der Waals surface area contributed by atoms with E-state index >= 15 is 0 Å². The summed E-state index contributed by atoms with van der Waals surface area (Å²) >= 11 is 1.49. The summed E-state index contributed by atoms with van der Waals surface area (Å²) in [7, 11) is 0. The maximum Gasteiger partial charge on any atom is 0.267 e. The first-order chi connectivity index (χ1) is 16.5. The molecule has 0 saturated carbocycles. The average Bonchev–Trinajstić information content (AvgIpc) is 3.26. The quantitative estimate of drug-likeness (QED) is 0.410. The zero-order valence-electron chi connectivity index (χ0n) is 19.4. The van der Waals surface area contributed by atoms with Crippen LogP contribution >= 0.6 is 11.3 Å². The van der Waals surface area contributed by atoms with Crippen molar-refractivity contribution in [2.45, 2.75) is 20.3 Å². The van der Waals surface area contributed by atoms with E-state index in [0.717, 1.165) is 60.6 Å². The van der Waals surface area contributed by atoms with Gasteiger partial charge in [0.25, 0.3) is 5.91 Å². The first kappa shape index (κ1) is 22.7. The zero-order chi connectivity index (χ0) is 23.7. The Balaban J connectivity index is 1.49. The molecular formula is C26H27N3O4S. The lowest BCUT2D eigenvalue weighted by Gasteiger charge is -2.27. The summed E-state index contributed by atoms with van der Waals surface area (Å²) in [4.78, 5) is 35.6. The molecule has 1 aliphatic heterocycles. The minimum Gasteiger partial charge on any atom is -0.463 e. The van der Waals surface area contributed by atoms with Gasteiger partial charge >= 0.3 is 0 Å². The van der Waals surface area contributed by atoms with Crippen LogP contribution in [0.3, 0.4) is 0 Å². The number of fused-ring (bicyclic) bond motifs is 2. The fourth-order valence-corrected chi connectivity index (χ4v) is 5.45. The van der Waals surface area contributed by atoms with Crippen molar-refractivity contribution in [3.8, 4) is 0 Å². The Bertz CT molecular complexity index is 1400. The second-order valence-electron chi connectivity index (χ2n) is 8.67. The first-order valence-electron chi connectivity index (χ1n) is 11.5. The first-order valence-corrected chi connectivity index (χ1v) is 12.3. The standard InChI is InChI=1S/C26H27N3O4S/c1-17-14-18(2)24-21(15-17)27-26(34-24)29(9-5-8-28-10-12-32-13-11-28)25(31)20-16-33-22-7-4-3-6-19(22)23(20)30/h3-4,6-7,14-16H,5,8-13H2,1-2H3. The lowest BCUT2D eigenvalue weighted by molar-refractivity contribution is 0.0376. The Labute approximate surface area is 201 Å². The van der Waals surface area contributed by atoms with E-state index in [2.05, 4.69) is 17.9 Å². The zero-order valence-corrected chi connectivity index (χ0v) is 20.2. The Morgan fingerprint density at radius 2 is 1.97 bits per heavy atom. The minimum atomic E-state index is -0.380. The van der Waals surface area contributed by atoms with Gasteiger partial charge in [-0.15, -0.1) is 0 Å². The molecule has 0 atom stereocenters. The molecule has 0 unspecified atom stereocenters. The molecule has 176 valence electrons. The van der Waals surface area contributed by atoms with E-state index in [1.165, 1.54) is 17.6 Å². The van der Waals surface area contributed by atoms with Crippen LogP contribution in [0.5, 0.6) is 0 Å². The van der Waals surface area contributed by atoms with Crippen LogP contribution in [0.15, 0.2) is 51.9 Å². The molecule has 2 aromatic carbocycles. The highest BCUT2D eigenvalue weighted by Gasteiger charge is 2.25. The van der Waals surface area contributed by atoms with Gasteiger partial charge in [0.1, 0.15) is 17.4 Å². The number of hydrogen-bond acceptors (Lipinski definition) is 7. The maximum absolute atomic E-state index is 13.7. The monoisotopic (exact) mass is 477 g/mol. The van der Waals surface area contributed by atoms with Crippen LogP contribution in [0.25, 0.3) is 21.2 Å². The number of amides is 1. The van der Waals surface area contributed by atoms with Crippen LogP contribution in [0, 0.1) is 13.8 Å². The van der Waals surface area contributed by atoms with Crippen molar-refractivity contribution in [1.29, 1.82) is 0 Å². The van der Waals surface area contributed by atoms with Crippen molar-refractivity contribution in [1.82, 2.24) is 9.88 Å². The molecule has 8 heteroatoms. The number of ether oxygens (including phenoxy) is 1. The largest absolute Gasteiger partial charge is 0.463 e. The average molecular weight is 478 g/mol. The fraction of sp³-hybridized carbons (Fsp3) is 0.346. The molecule has 34 heavy (non-hydrogen) atoms. The number of morpholine rings is 1. The van der Waals surface area contributed by atoms with Crippen molar-refractivity contribution >= 4 is 43.6 Å². The van der Waals surface area contributed by atoms with Crippen molar-refractivity contribution in [3.63, 3.8) is 0 Å². The van der Waals surface area contributed by atoms with Gasteiger partial charge < -0.3 is 9.15 Å². The molecule has 0 bridgehead atoms. The molecule has 0 N–H and O–H groups in total. The van der Waals surface area contributed by atoms with Crippen molar-refractivity contribution in [2.24, 2.45) is 0 Å². The summed E-state index contributed by atoms with van der Waals surface area (Å²) in [5, 5.41) is 1.00. The van der Waals surface area contributed by atoms with E-state index in [9.17, 15) is 9.59 Å². The smallest absolute Gasteiger partial charge is 0.267 e. The van der Waals surface area contributed by atoms with E-state index in [0.29, 0.717) is 22.6 Å². The SMILES string of the molecule is Cc1cc(C)c2sc(N(CCCN3CCOCC3)C(=O)c3coc4ccccc4c3=O)nc2c1. The number of aromatic nitrogens is 1. The van der Waals surface area contributed by atoms with Gasteiger partial charge in [0.2, 0.25) is 5.43 Å². The molecule has 1 amide bonds. The molecule has 0 radical (unpaired) electrons. The third-order valence-corrected chi connectivity index (χ3v) is 7.38. The van der Waals surface area contributed by atoms with Gasteiger partial charge in [-0.3, -0.25) is 19.4 Å². The van der Waals surface area contributed by atoms with E-state index in [-0.39, 0.29) is 16.9 Å². The van der Waals surface area contributed by atoms with Crippen molar-refractivity contribution < 1.29 is 13.9 Å². The number of nitrogens with zero attached hydrogens (tertiary/aromatic N) is 3. The Morgan fingerprint density at radius 3 is 2.79 bits per heavy atom. The highest BCUT2D eigenvalue weighted by molar-refractivity contribution is 7.22. The Hall–Kier alpha value is -3.07. The number of anilines is 1. The molecule has 1 aliphatic rings. The second-order valence-corrected chi connectivity index (χ2v) is 9.64. The van der Waals surface area contributed by atoms with Crippen molar-refractivity contribution in [2.75, 3.05) is 44.3 Å². The topological polar surface area (TPSA) is 75.9 Å². The number of aryl methyl sites for hydroxylation is 2. The maximum atomic E-state index is 13.7. The van der Waals surface area contributed by atoms with Gasteiger partial charge in [-0.1, -0.05) is 29.5 Å². The van der Waals surface area contributed by atoms with E-state index in [1.807, 2.05) is 13.0 Å². The number of benzene rings is 2. The minimum absolute atomic E-state index is 0.0252. The summed E-state index contributed by atoms with van der Waals surface area (Å²) < 4.78 is 12.1. The highest BCUT2D eigenvalue weighted by atomic mass is 32.1. The molecule has 1 saturated heterocycles. The molecule has 3 heterocycles. The lowest BCUT2D eigenvalue weighted by atomic mass is 10.1. The van der Waals surface area contributed by atoms with Gasteiger partial charge in [-0.25, -0.2) is 4.98 Å². The molecule has 0 aliphatic carbocycles. The molecule has 0 spiro atoms. The van der Waals surface area contributed by atoms with E-state index in [4.69, 9.17) is 14.1 Å².